The van der Waals surface area contributed by atoms with Crippen LogP contribution in [0.5, 0.6) is 0 Å². The molecule has 61 heavy (non-hydrogen) atoms. The van der Waals surface area contributed by atoms with E-state index in [9.17, 15) is 4.79 Å². The molecule has 0 saturated heterocycles. The van der Waals surface area contributed by atoms with Crippen molar-refractivity contribution in [3.8, 4) is 0 Å². The van der Waals surface area contributed by atoms with E-state index in [4.69, 9.17) is 13.3 Å². The van der Waals surface area contributed by atoms with E-state index in [0.717, 1.165) is 19.3 Å². The second-order valence-corrected chi connectivity index (χ2v) is 34.9. The summed E-state index contributed by atoms with van der Waals surface area (Å²) in [5.74, 6) is -0.122. The molecule has 0 rings (SSSR count). The Labute approximate surface area is 386 Å². The average molecular weight is 909 g/mol. The standard InChI is InChI=1S/C53H109NO4Si3/c1-12-14-16-18-20-22-24-26-27-28-29-30-31-32-33-34-35-37-38-40-42-44-46-48-50(56-59(3,4)5)52(55)54-53(58-61(9,10)11)51(57-60(6,7)8)49-47-45-43-41-39-36-25-23-21-19-17-15-13-2/h46-51,53H,12-45H2,1-11H3,(H,54,55)/b48-46+,49-47+. The van der Waals surface area contributed by atoms with Crippen LogP contribution < -0.4 is 5.32 Å². The molecule has 8 heteroatoms. The second-order valence-electron chi connectivity index (χ2n) is 21.5. The lowest BCUT2D eigenvalue weighted by Crippen LogP contribution is -2.55. The Balaban J connectivity index is 4.72. The Morgan fingerprint density at radius 1 is 0.393 bits per heavy atom. The van der Waals surface area contributed by atoms with Crippen molar-refractivity contribution in [2.24, 2.45) is 0 Å². The predicted molar refractivity (Wildman–Crippen MR) is 279 cm³/mol. The highest BCUT2D eigenvalue weighted by atomic mass is 28.4. The first-order valence-electron chi connectivity index (χ1n) is 26.7. The highest BCUT2D eigenvalue weighted by molar-refractivity contribution is 6.70. The Morgan fingerprint density at radius 2 is 0.672 bits per heavy atom. The summed E-state index contributed by atoms with van der Waals surface area (Å²) in [6.07, 6.45) is 53.3. The topological polar surface area (TPSA) is 56.8 Å². The Morgan fingerprint density at radius 3 is 0.967 bits per heavy atom. The highest BCUT2D eigenvalue weighted by Gasteiger charge is 2.34. The van der Waals surface area contributed by atoms with Crippen LogP contribution in [0.25, 0.3) is 0 Å². The Kier molecular flexibility index (Phi) is 39.5. The lowest BCUT2D eigenvalue weighted by atomic mass is 10.0. The Hall–Kier alpha value is -0.519. The molecule has 0 spiro atoms. The molecule has 0 aliphatic carbocycles. The van der Waals surface area contributed by atoms with Crippen molar-refractivity contribution in [3.05, 3.63) is 24.3 Å². The maximum atomic E-state index is 14.0. The van der Waals surface area contributed by atoms with Gasteiger partial charge < -0.3 is 18.6 Å². The first-order chi connectivity index (χ1) is 29.1. The molecule has 0 heterocycles. The molecule has 5 nitrogen and oxygen atoms in total. The molecule has 0 aromatic rings. The number of nitrogens with one attached hydrogen (secondary N) is 1. The SMILES string of the molecule is CCCCCCCCCCCCC/C=C/C(O[Si](C)(C)C)C(NC(=O)C(/C=C/CCCCCCCCCCCCCCCCCCCCCCC)O[Si](C)(C)C)O[Si](C)(C)C. The third kappa shape index (κ3) is 44.5. The van der Waals surface area contributed by atoms with Crippen LogP contribution in [0.4, 0.5) is 0 Å². The van der Waals surface area contributed by atoms with Gasteiger partial charge >= 0.3 is 0 Å². The molecule has 0 fully saturated rings. The zero-order chi connectivity index (χ0) is 45.5. The minimum Gasteiger partial charge on any atom is -0.407 e. The third-order valence-corrected chi connectivity index (χ3v) is 14.3. The second kappa shape index (κ2) is 39.8. The van der Waals surface area contributed by atoms with Gasteiger partial charge in [0, 0.05) is 0 Å². The number of rotatable bonds is 45. The first kappa shape index (κ1) is 60.5. The van der Waals surface area contributed by atoms with E-state index in [1.807, 2.05) is 6.08 Å². The number of hydrogen-bond donors (Lipinski definition) is 1. The van der Waals surface area contributed by atoms with E-state index < -0.39 is 37.3 Å². The molecule has 3 atom stereocenters. The van der Waals surface area contributed by atoms with E-state index in [2.05, 4.69) is 96.3 Å². The first-order valence-corrected chi connectivity index (χ1v) is 37.0. The van der Waals surface area contributed by atoms with Gasteiger partial charge in [0.25, 0.3) is 5.91 Å². The van der Waals surface area contributed by atoms with Gasteiger partial charge in [-0.1, -0.05) is 231 Å². The fourth-order valence-corrected chi connectivity index (χ4v) is 10.9. The molecule has 3 unspecified atom stereocenters. The molecule has 0 aromatic carbocycles. The number of allylic oxidation sites excluding steroid dienone is 2. The Bertz CT molecular complexity index is 1030. The summed E-state index contributed by atoms with van der Waals surface area (Å²) in [7, 11) is -5.98. The molecule has 0 radical (unpaired) electrons. The number of carbonyl (C=O) groups excluding carboxylic acids is 1. The van der Waals surface area contributed by atoms with Crippen LogP contribution >= 0.6 is 0 Å². The van der Waals surface area contributed by atoms with Crippen molar-refractivity contribution in [2.75, 3.05) is 0 Å². The van der Waals surface area contributed by atoms with Gasteiger partial charge in [-0.3, -0.25) is 4.79 Å². The maximum absolute atomic E-state index is 14.0. The van der Waals surface area contributed by atoms with Crippen LogP contribution in [0, 0.1) is 0 Å². The summed E-state index contributed by atoms with van der Waals surface area (Å²) in [4.78, 5) is 14.0. The van der Waals surface area contributed by atoms with Crippen LogP contribution in [0.15, 0.2) is 24.3 Å². The van der Waals surface area contributed by atoms with E-state index >= 15 is 0 Å². The maximum Gasteiger partial charge on any atom is 0.254 e. The number of carbonyl (C=O) groups is 1. The van der Waals surface area contributed by atoms with Crippen LogP contribution in [0.2, 0.25) is 58.9 Å². The molecule has 362 valence electrons. The third-order valence-electron chi connectivity index (χ3n) is 11.4. The van der Waals surface area contributed by atoms with Gasteiger partial charge in [-0.25, -0.2) is 0 Å². The molecule has 0 aromatic heterocycles. The summed E-state index contributed by atoms with van der Waals surface area (Å²) < 4.78 is 19.9. The molecule has 1 amide bonds. The van der Waals surface area contributed by atoms with Gasteiger partial charge in [0.15, 0.2) is 25.0 Å². The van der Waals surface area contributed by atoms with Gasteiger partial charge in [-0.05, 0) is 84.6 Å². The van der Waals surface area contributed by atoms with Crippen molar-refractivity contribution < 1.29 is 18.1 Å². The fourth-order valence-electron chi connectivity index (χ4n) is 8.02. The van der Waals surface area contributed by atoms with Crippen molar-refractivity contribution >= 4 is 30.9 Å². The van der Waals surface area contributed by atoms with E-state index in [1.54, 1.807) is 0 Å². The van der Waals surface area contributed by atoms with Crippen LogP contribution in [0.1, 0.15) is 232 Å². The largest absolute Gasteiger partial charge is 0.407 e. The van der Waals surface area contributed by atoms with Crippen LogP contribution in [0.3, 0.4) is 0 Å². The molecule has 0 saturated carbocycles. The molecular weight excluding hydrogens is 799 g/mol. The quantitative estimate of drug-likeness (QED) is 0.0286. The van der Waals surface area contributed by atoms with Gasteiger partial charge in [-0.15, -0.1) is 0 Å². The van der Waals surface area contributed by atoms with Crippen LogP contribution in [-0.4, -0.2) is 49.3 Å². The normalized spacial score (nSPS) is 14.3. The molecule has 0 bridgehead atoms. The van der Waals surface area contributed by atoms with Crippen LogP contribution in [-0.2, 0) is 18.1 Å². The summed E-state index contributed by atoms with van der Waals surface area (Å²) in [6.45, 7) is 24.3. The fraction of sp³-hybridized carbons (Fsp3) is 0.906. The number of hydrogen-bond acceptors (Lipinski definition) is 4. The summed E-state index contributed by atoms with van der Waals surface area (Å²) in [5, 5.41) is 3.30. The van der Waals surface area contributed by atoms with E-state index in [-0.39, 0.29) is 12.0 Å². The zero-order valence-electron chi connectivity index (χ0n) is 43.2. The van der Waals surface area contributed by atoms with E-state index in [0.29, 0.717) is 0 Å². The summed E-state index contributed by atoms with van der Waals surface area (Å²) >= 11 is 0. The van der Waals surface area contributed by atoms with Crippen molar-refractivity contribution in [3.63, 3.8) is 0 Å². The van der Waals surface area contributed by atoms with E-state index in [1.165, 1.54) is 199 Å². The van der Waals surface area contributed by atoms with Crippen molar-refractivity contribution in [2.45, 2.75) is 310 Å². The van der Waals surface area contributed by atoms with Crippen molar-refractivity contribution in [1.29, 1.82) is 0 Å². The smallest absolute Gasteiger partial charge is 0.254 e. The summed E-state index contributed by atoms with van der Waals surface area (Å²) in [5.41, 5.74) is 0. The average Bonchev–Trinajstić information content (AvgIpc) is 3.17. The minimum atomic E-state index is -2.03. The molecule has 0 aliphatic heterocycles. The lowest BCUT2D eigenvalue weighted by molar-refractivity contribution is -0.130. The van der Waals surface area contributed by atoms with Gasteiger partial charge in [0.2, 0.25) is 0 Å². The summed E-state index contributed by atoms with van der Waals surface area (Å²) in [6, 6.07) is 0. The minimum absolute atomic E-state index is 0.122. The lowest BCUT2D eigenvalue weighted by Gasteiger charge is -2.36. The number of amides is 1. The monoisotopic (exact) mass is 908 g/mol. The van der Waals surface area contributed by atoms with Gasteiger partial charge in [0.1, 0.15) is 18.4 Å². The molecule has 0 aliphatic rings. The zero-order valence-corrected chi connectivity index (χ0v) is 46.2. The highest BCUT2D eigenvalue weighted by Crippen LogP contribution is 2.20. The molecule has 1 N–H and O–H groups in total. The molecular formula is C53H109NO4Si3. The van der Waals surface area contributed by atoms with Gasteiger partial charge in [-0.2, -0.15) is 0 Å². The van der Waals surface area contributed by atoms with Gasteiger partial charge in [0.05, 0.1) is 0 Å². The predicted octanol–water partition coefficient (Wildman–Crippen LogP) is 18.1. The van der Waals surface area contributed by atoms with Crippen molar-refractivity contribution in [1.82, 2.24) is 5.32 Å². The number of unbranched alkanes of at least 4 members (excludes halogenated alkanes) is 32.